The Kier molecular flexibility index (Phi) is 1.79. The number of pyridine rings is 1. The van der Waals surface area contributed by atoms with Crippen LogP contribution in [-0.2, 0) is 10.3 Å². The average molecular weight is 185 g/mol. The Hall–Kier alpha value is -0.640. The maximum Gasteiger partial charge on any atom is 0.129 e. The van der Waals surface area contributed by atoms with Crippen LogP contribution in [-0.4, -0.2) is 18.2 Å². The number of rotatable bonds is 1. The van der Waals surface area contributed by atoms with Crippen LogP contribution in [0.1, 0.15) is 5.69 Å². The summed E-state index contributed by atoms with van der Waals surface area (Å²) >= 11 is 5.72. The fraction of sp³-hybridized carbons (Fsp3) is 0.375. The predicted octanol–water partition coefficient (Wildman–Crippen LogP) is 0.919. The van der Waals surface area contributed by atoms with Crippen LogP contribution in [0.25, 0.3) is 0 Å². The first-order valence-electron chi connectivity index (χ1n) is 3.70. The lowest BCUT2D eigenvalue weighted by Gasteiger charge is -2.37. The maximum atomic E-state index is 5.95. The molecule has 0 aromatic carbocycles. The van der Waals surface area contributed by atoms with Crippen molar-refractivity contribution in [1.29, 1.82) is 0 Å². The summed E-state index contributed by atoms with van der Waals surface area (Å²) in [7, 11) is 0. The third-order valence-electron chi connectivity index (χ3n) is 1.94. The van der Waals surface area contributed by atoms with Crippen molar-refractivity contribution in [1.82, 2.24) is 4.98 Å². The van der Waals surface area contributed by atoms with Crippen molar-refractivity contribution in [2.45, 2.75) is 5.54 Å². The van der Waals surface area contributed by atoms with E-state index >= 15 is 0 Å². The van der Waals surface area contributed by atoms with Crippen LogP contribution in [0.15, 0.2) is 18.2 Å². The zero-order chi connectivity index (χ0) is 8.60. The summed E-state index contributed by atoms with van der Waals surface area (Å²) in [5, 5.41) is 0.476. The Morgan fingerprint density at radius 2 is 2.25 bits per heavy atom. The maximum absolute atomic E-state index is 5.95. The Bertz CT molecular complexity index is 299. The molecule has 12 heavy (non-hydrogen) atoms. The number of nitrogens with two attached hydrogens (primary N) is 1. The standard InChI is InChI=1S/C8H9ClN2O/c9-7-3-1-2-6(11-7)8(10)4-12-5-8/h1-3H,4-5,10H2. The molecular formula is C8H9ClN2O. The van der Waals surface area contributed by atoms with Gasteiger partial charge in [-0.25, -0.2) is 4.98 Å². The van der Waals surface area contributed by atoms with E-state index in [0.717, 1.165) is 5.69 Å². The van der Waals surface area contributed by atoms with Crippen molar-refractivity contribution in [2.75, 3.05) is 13.2 Å². The lowest BCUT2D eigenvalue weighted by molar-refractivity contribution is -0.0590. The highest BCUT2D eigenvalue weighted by Gasteiger charge is 2.37. The molecular weight excluding hydrogens is 176 g/mol. The zero-order valence-electron chi connectivity index (χ0n) is 6.46. The summed E-state index contributed by atoms with van der Waals surface area (Å²) in [6.07, 6.45) is 0. The number of aromatic nitrogens is 1. The predicted molar refractivity (Wildman–Crippen MR) is 45.9 cm³/mol. The van der Waals surface area contributed by atoms with Crippen molar-refractivity contribution in [3.05, 3.63) is 29.0 Å². The highest BCUT2D eigenvalue weighted by atomic mass is 35.5. The lowest BCUT2D eigenvalue weighted by atomic mass is 9.94. The molecule has 0 atom stereocenters. The van der Waals surface area contributed by atoms with Crippen molar-refractivity contribution >= 4 is 11.6 Å². The molecule has 0 unspecified atom stereocenters. The van der Waals surface area contributed by atoms with Crippen molar-refractivity contribution in [3.63, 3.8) is 0 Å². The van der Waals surface area contributed by atoms with Gasteiger partial charge in [-0.05, 0) is 12.1 Å². The molecule has 1 aliphatic heterocycles. The number of hydrogen-bond acceptors (Lipinski definition) is 3. The van der Waals surface area contributed by atoms with E-state index in [9.17, 15) is 0 Å². The molecule has 4 heteroatoms. The van der Waals surface area contributed by atoms with Crippen molar-refractivity contribution in [2.24, 2.45) is 5.73 Å². The molecule has 0 saturated carbocycles. The second kappa shape index (κ2) is 2.69. The van der Waals surface area contributed by atoms with Crippen molar-refractivity contribution < 1.29 is 4.74 Å². The van der Waals surface area contributed by atoms with Gasteiger partial charge in [0.1, 0.15) is 10.7 Å². The number of nitrogens with zero attached hydrogens (tertiary/aromatic N) is 1. The quantitative estimate of drug-likeness (QED) is 0.661. The zero-order valence-corrected chi connectivity index (χ0v) is 7.21. The highest BCUT2D eigenvalue weighted by Crippen LogP contribution is 2.25. The summed E-state index contributed by atoms with van der Waals surface area (Å²) in [6.45, 7) is 1.06. The molecule has 1 fully saturated rings. The summed E-state index contributed by atoms with van der Waals surface area (Å²) in [4.78, 5) is 4.13. The normalized spacial score (nSPS) is 20.2. The number of halogens is 1. The highest BCUT2D eigenvalue weighted by molar-refractivity contribution is 6.29. The van der Waals surface area contributed by atoms with E-state index < -0.39 is 5.54 Å². The Balaban J connectivity index is 2.33. The van der Waals surface area contributed by atoms with Gasteiger partial charge in [0.05, 0.1) is 18.9 Å². The second-order valence-corrected chi connectivity index (χ2v) is 3.38. The van der Waals surface area contributed by atoms with Gasteiger partial charge in [-0.15, -0.1) is 0 Å². The molecule has 0 bridgehead atoms. The first kappa shape index (κ1) is 7.98. The minimum absolute atomic E-state index is 0.412. The van der Waals surface area contributed by atoms with Gasteiger partial charge < -0.3 is 10.5 Å². The molecule has 0 spiro atoms. The molecule has 64 valence electrons. The third kappa shape index (κ3) is 1.20. The molecule has 2 N–H and O–H groups in total. The topological polar surface area (TPSA) is 48.1 Å². The largest absolute Gasteiger partial charge is 0.377 e. The fourth-order valence-corrected chi connectivity index (χ4v) is 1.32. The van der Waals surface area contributed by atoms with Gasteiger partial charge in [0, 0.05) is 0 Å². The van der Waals surface area contributed by atoms with Gasteiger partial charge in [-0.3, -0.25) is 0 Å². The first-order valence-corrected chi connectivity index (χ1v) is 4.08. The minimum atomic E-state index is -0.412. The van der Waals surface area contributed by atoms with E-state index in [-0.39, 0.29) is 0 Å². The van der Waals surface area contributed by atoms with Crippen LogP contribution >= 0.6 is 11.6 Å². The fourth-order valence-electron chi connectivity index (χ4n) is 1.16. The summed E-state index contributed by atoms with van der Waals surface area (Å²) in [5.74, 6) is 0. The summed E-state index contributed by atoms with van der Waals surface area (Å²) in [6, 6.07) is 5.44. The first-order chi connectivity index (χ1) is 5.71. The van der Waals surface area contributed by atoms with E-state index in [2.05, 4.69) is 4.98 Å². The average Bonchev–Trinajstić information content (AvgIpc) is 2.00. The van der Waals surface area contributed by atoms with Gasteiger partial charge in [0.25, 0.3) is 0 Å². The Morgan fingerprint density at radius 3 is 2.75 bits per heavy atom. The third-order valence-corrected chi connectivity index (χ3v) is 2.15. The molecule has 3 nitrogen and oxygen atoms in total. The molecule has 2 heterocycles. The smallest absolute Gasteiger partial charge is 0.129 e. The van der Waals surface area contributed by atoms with Gasteiger partial charge in [-0.1, -0.05) is 17.7 Å². The van der Waals surface area contributed by atoms with Gasteiger partial charge in [0.2, 0.25) is 0 Å². The SMILES string of the molecule is NC1(c2cccc(Cl)n2)COC1. The molecule has 2 rings (SSSR count). The molecule has 0 radical (unpaired) electrons. The second-order valence-electron chi connectivity index (χ2n) is 2.99. The van der Waals surface area contributed by atoms with Crippen LogP contribution < -0.4 is 5.73 Å². The molecule has 1 aliphatic rings. The van der Waals surface area contributed by atoms with E-state index in [1.165, 1.54) is 0 Å². The molecule has 1 aromatic rings. The molecule has 1 saturated heterocycles. The van der Waals surface area contributed by atoms with Gasteiger partial charge in [0.15, 0.2) is 0 Å². The Morgan fingerprint density at radius 1 is 1.50 bits per heavy atom. The van der Waals surface area contributed by atoms with E-state index in [0.29, 0.717) is 18.4 Å². The summed E-state index contributed by atoms with van der Waals surface area (Å²) in [5.41, 5.74) is 6.34. The molecule has 1 aromatic heterocycles. The summed E-state index contributed by atoms with van der Waals surface area (Å²) < 4.78 is 5.02. The monoisotopic (exact) mass is 184 g/mol. The number of hydrogen-bond donors (Lipinski definition) is 1. The molecule has 0 aliphatic carbocycles. The van der Waals surface area contributed by atoms with E-state index in [4.69, 9.17) is 22.1 Å². The van der Waals surface area contributed by atoms with Gasteiger partial charge in [-0.2, -0.15) is 0 Å². The van der Waals surface area contributed by atoms with Crippen molar-refractivity contribution in [3.8, 4) is 0 Å². The van der Waals surface area contributed by atoms with Crippen LogP contribution in [0.5, 0.6) is 0 Å². The Labute approximate surface area is 75.5 Å². The number of ether oxygens (including phenoxy) is 1. The molecule has 0 amide bonds. The van der Waals surface area contributed by atoms with Crippen LogP contribution in [0.3, 0.4) is 0 Å². The lowest BCUT2D eigenvalue weighted by Crippen LogP contribution is -2.54. The van der Waals surface area contributed by atoms with Crippen LogP contribution in [0, 0.1) is 0 Å². The van der Waals surface area contributed by atoms with E-state index in [1.807, 2.05) is 12.1 Å². The van der Waals surface area contributed by atoms with E-state index in [1.54, 1.807) is 6.07 Å². The van der Waals surface area contributed by atoms with Crippen LogP contribution in [0.4, 0.5) is 0 Å². The minimum Gasteiger partial charge on any atom is -0.377 e. The van der Waals surface area contributed by atoms with Gasteiger partial charge >= 0.3 is 0 Å². The van der Waals surface area contributed by atoms with Crippen LogP contribution in [0.2, 0.25) is 5.15 Å².